The Bertz CT molecular complexity index is 889. The fraction of sp³-hybridized carbons (Fsp3) is 0.375. The van der Waals surface area contributed by atoms with Crippen molar-refractivity contribution >= 4 is 11.8 Å². The van der Waals surface area contributed by atoms with Crippen LogP contribution in [0.15, 0.2) is 59.5 Å². The Balaban J connectivity index is 1.96. The van der Waals surface area contributed by atoms with E-state index in [4.69, 9.17) is 14.7 Å². The van der Waals surface area contributed by atoms with Crippen molar-refractivity contribution in [1.29, 1.82) is 5.26 Å². The quantitative estimate of drug-likeness (QED) is 0.272. The highest BCUT2D eigenvalue weighted by Gasteiger charge is 2.30. The van der Waals surface area contributed by atoms with Gasteiger partial charge in [0, 0.05) is 22.6 Å². The van der Waals surface area contributed by atoms with E-state index in [1.54, 1.807) is 17.8 Å². The first kappa shape index (κ1) is 24.7. The molecule has 1 atom stereocenters. The molecule has 31 heavy (non-hydrogen) atoms. The van der Waals surface area contributed by atoms with Gasteiger partial charge < -0.3 is 9.47 Å². The van der Waals surface area contributed by atoms with Crippen molar-refractivity contribution in [3.8, 4) is 17.6 Å². The minimum absolute atomic E-state index is 0.0909. The zero-order valence-electron chi connectivity index (χ0n) is 17.6. The molecule has 0 aliphatic rings. The normalized spacial score (nSPS) is 12.5. The van der Waals surface area contributed by atoms with Gasteiger partial charge in [-0.3, -0.25) is 0 Å². The van der Waals surface area contributed by atoms with Gasteiger partial charge in [0.15, 0.2) is 0 Å². The Hall–Kier alpha value is -2.59. The molecule has 0 saturated heterocycles. The molecule has 3 nitrogen and oxygen atoms in total. The molecule has 0 saturated carbocycles. The molecular weight excluding hydrogens is 423 g/mol. The van der Waals surface area contributed by atoms with Gasteiger partial charge in [0.1, 0.15) is 11.5 Å². The number of rotatable bonds is 11. The number of nitriles is 1. The zero-order chi connectivity index (χ0) is 22.7. The number of benzene rings is 2. The Kier molecular flexibility index (Phi) is 9.80. The lowest BCUT2D eigenvalue weighted by Crippen LogP contribution is -2.14. The van der Waals surface area contributed by atoms with Crippen molar-refractivity contribution in [3.63, 3.8) is 0 Å². The number of ether oxygens (including phenoxy) is 2. The predicted molar refractivity (Wildman–Crippen MR) is 117 cm³/mol. The van der Waals surface area contributed by atoms with Crippen LogP contribution in [0.1, 0.15) is 30.9 Å². The molecule has 2 rings (SSSR count). The van der Waals surface area contributed by atoms with Gasteiger partial charge in [-0.05, 0) is 67.8 Å². The summed E-state index contributed by atoms with van der Waals surface area (Å²) in [5.74, 6) is 2.10. The third-order valence-corrected chi connectivity index (χ3v) is 5.65. The summed E-state index contributed by atoms with van der Waals surface area (Å²) in [5, 5.41) is 8.73. The maximum Gasteiger partial charge on any atom is 0.416 e. The molecule has 0 aliphatic carbocycles. The highest BCUT2D eigenvalue weighted by atomic mass is 32.2. The van der Waals surface area contributed by atoms with Crippen LogP contribution in [0.2, 0.25) is 0 Å². The summed E-state index contributed by atoms with van der Waals surface area (Å²) in [6.45, 7) is 5.09. The van der Waals surface area contributed by atoms with Crippen LogP contribution >= 0.6 is 11.8 Å². The molecule has 2 aromatic rings. The van der Waals surface area contributed by atoms with Crippen LogP contribution in [0.25, 0.3) is 0 Å². The van der Waals surface area contributed by atoms with Crippen LogP contribution in [-0.2, 0) is 6.18 Å². The van der Waals surface area contributed by atoms with Crippen molar-refractivity contribution in [2.75, 3.05) is 19.0 Å². The molecule has 0 N–H and O–H groups in total. The van der Waals surface area contributed by atoms with Gasteiger partial charge >= 0.3 is 6.18 Å². The Labute approximate surface area is 185 Å². The van der Waals surface area contributed by atoms with Crippen molar-refractivity contribution in [2.45, 2.75) is 37.8 Å². The summed E-state index contributed by atoms with van der Waals surface area (Å²) in [6.07, 6.45) is 0.438. The van der Waals surface area contributed by atoms with E-state index < -0.39 is 11.7 Å². The van der Waals surface area contributed by atoms with E-state index in [0.29, 0.717) is 25.4 Å². The van der Waals surface area contributed by atoms with Crippen LogP contribution in [0, 0.1) is 24.2 Å². The molecule has 0 amide bonds. The van der Waals surface area contributed by atoms with E-state index in [1.165, 1.54) is 18.2 Å². The summed E-state index contributed by atoms with van der Waals surface area (Å²) in [7, 11) is 0. The number of alkyl halides is 3. The second-order valence-corrected chi connectivity index (χ2v) is 8.15. The molecule has 0 aromatic heterocycles. The van der Waals surface area contributed by atoms with Crippen LogP contribution in [0.3, 0.4) is 0 Å². The maximum absolute atomic E-state index is 12.7. The lowest BCUT2D eigenvalue weighted by molar-refractivity contribution is -0.137. The predicted octanol–water partition coefficient (Wildman–Crippen LogP) is 7.06. The van der Waals surface area contributed by atoms with Crippen molar-refractivity contribution < 1.29 is 22.6 Å². The fourth-order valence-electron chi connectivity index (χ4n) is 2.75. The first-order chi connectivity index (χ1) is 14.8. The standard InChI is InChI=1S/C24H26F3NO2S/c1-3-14-29-23-12-11-22(15-18(23)2)31-17-19(6-4-5-13-28)16-30-21-9-7-20(8-10-21)24(25,26)27/h4-5,7-12,15,19H,3,6,14,16-17H2,1-2H3. The summed E-state index contributed by atoms with van der Waals surface area (Å²) in [5.41, 5.74) is 0.367. The molecule has 0 bridgehead atoms. The molecular formula is C24H26F3NO2S. The number of nitrogens with zero attached hydrogens (tertiary/aromatic N) is 1. The van der Waals surface area contributed by atoms with Gasteiger partial charge in [-0.2, -0.15) is 18.4 Å². The first-order valence-electron chi connectivity index (χ1n) is 10.0. The van der Waals surface area contributed by atoms with Crippen LogP contribution in [-0.4, -0.2) is 19.0 Å². The van der Waals surface area contributed by atoms with Crippen molar-refractivity contribution in [3.05, 3.63) is 65.7 Å². The minimum atomic E-state index is -4.37. The highest BCUT2D eigenvalue weighted by molar-refractivity contribution is 7.99. The summed E-state index contributed by atoms with van der Waals surface area (Å²) in [4.78, 5) is 1.10. The zero-order valence-corrected chi connectivity index (χ0v) is 18.4. The number of hydrogen-bond acceptors (Lipinski definition) is 4. The van der Waals surface area contributed by atoms with E-state index in [0.717, 1.165) is 40.5 Å². The van der Waals surface area contributed by atoms with E-state index in [1.807, 2.05) is 25.1 Å². The number of halogens is 3. The summed E-state index contributed by atoms with van der Waals surface area (Å²) < 4.78 is 49.5. The number of hydrogen-bond donors (Lipinski definition) is 0. The Morgan fingerprint density at radius 2 is 1.87 bits per heavy atom. The second kappa shape index (κ2) is 12.3. The van der Waals surface area contributed by atoms with E-state index in [9.17, 15) is 13.2 Å². The van der Waals surface area contributed by atoms with Crippen molar-refractivity contribution in [2.24, 2.45) is 5.92 Å². The summed E-state index contributed by atoms with van der Waals surface area (Å²) >= 11 is 1.67. The third kappa shape index (κ3) is 8.58. The van der Waals surface area contributed by atoms with Gasteiger partial charge in [-0.1, -0.05) is 13.0 Å². The van der Waals surface area contributed by atoms with Crippen LogP contribution < -0.4 is 9.47 Å². The fourth-order valence-corrected chi connectivity index (χ4v) is 3.84. The minimum Gasteiger partial charge on any atom is -0.493 e. The van der Waals surface area contributed by atoms with E-state index in [2.05, 4.69) is 13.0 Å². The van der Waals surface area contributed by atoms with Crippen molar-refractivity contribution in [1.82, 2.24) is 0 Å². The lowest BCUT2D eigenvalue weighted by Gasteiger charge is -2.17. The smallest absolute Gasteiger partial charge is 0.416 e. The molecule has 0 heterocycles. The molecule has 0 spiro atoms. The lowest BCUT2D eigenvalue weighted by atomic mass is 10.1. The molecule has 0 fully saturated rings. The second-order valence-electron chi connectivity index (χ2n) is 7.05. The first-order valence-corrected chi connectivity index (χ1v) is 11.0. The Morgan fingerprint density at radius 1 is 1.13 bits per heavy atom. The van der Waals surface area contributed by atoms with Gasteiger partial charge in [-0.15, -0.1) is 11.8 Å². The SMILES string of the molecule is CCCOc1ccc(SCC(CC=CC#N)COc2ccc(C(F)(F)F)cc2)cc1C. The van der Waals surface area contributed by atoms with Gasteiger partial charge in [0.25, 0.3) is 0 Å². The largest absolute Gasteiger partial charge is 0.493 e. The van der Waals surface area contributed by atoms with Crippen LogP contribution in [0.5, 0.6) is 11.5 Å². The number of allylic oxidation sites excluding steroid dienone is 2. The molecule has 166 valence electrons. The molecule has 7 heteroatoms. The number of aryl methyl sites for hydroxylation is 1. The molecule has 1 unspecified atom stereocenters. The van der Waals surface area contributed by atoms with E-state index >= 15 is 0 Å². The average molecular weight is 450 g/mol. The third-order valence-electron chi connectivity index (χ3n) is 4.42. The van der Waals surface area contributed by atoms with Gasteiger partial charge in [0.2, 0.25) is 0 Å². The number of thioether (sulfide) groups is 1. The molecule has 0 aliphatic heterocycles. The van der Waals surface area contributed by atoms with E-state index in [-0.39, 0.29) is 5.92 Å². The Morgan fingerprint density at radius 3 is 2.48 bits per heavy atom. The summed E-state index contributed by atoms with van der Waals surface area (Å²) in [6, 6.07) is 12.7. The van der Waals surface area contributed by atoms with Gasteiger partial charge in [-0.25, -0.2) is 0 Å². The maximum atomic E-state index is 12.7. The average Bonchev–Trinajstić information content (AvgIpc) is 2.74. The monoisotopic (exact) mass is 449 g/mol. The molecule has 0 radical (unpaired) electrons. The topological polar surface area (TPSA) is 42.2 Å². The van der Waals surface area contributed by atoms with Gasteiger partial charge in [0.05, 0.1) is 24.8 Å². The molecule has 2 aromatic carbocycles. The highest BCUT2D eigenvalue weighted by Crippen LogP contribution is 2.31. The van der Waals surface area contributed by atoms with Crippen LogP contribution in [0.4, 0.5) is 13.2 Å².